The molecule has 3 heterocycles. The van der Waals surface area contributed by atoms with Crippen molar-refractivity contribution in [3.8, 4) is 0 Å². The number of rotatable bonds is 6. The molecule has 1 fully saturated rings. The topological polar surface area (TPSA) is 78.8 Å². The Bertz CT molecular complexity index is 569. The van der Waals surface area contributed by atoms with E-state index in [1.54, 1.807) is 12.5 Å². The molecule has 7 heteroatoms. The third-order valence-corrected chi connectivity index (χ3v) is 4.06. The molecule has 0 bridgehead atoms. The summed E-state index contributed by atoms with van der Waals surface area (Å²) in [5.74, 6) is 0.662. The summed E-state index contributed by atoms with van der Waals surface area (Å²) in [5, 5.41) is 17.5. The van der Waals surface area contributed by atoms with Gasteiger partial charge in [-0.25, -0.2) is 0 Å². The van der Waals surface area contributed by atoms with Crippen molar-refractivity contribution in [2.75, 3.05) is 31.1 Å². The fraction of sp³-hybridized carbons (Fsp3) is 0.600. The van der Waals surface area contributed by atoms with E-state index in [1.807, 2.05) is 13.0 Å². The van der Waals surface area contributed by atoms with E-state index in [0.717, 1.165) is 44.6 Å². The molecule has 1 unspecified atom stereocenters. The van der Waals surface area contributed by atoms with Crippen LogP contribution in [0.2, 0.25) is 0 Å². The lowest BCUT2D eigenvalue weighted by Crippen LogP contribution is -2.53. The summed E-state index contributed by atoms with van der Waals surface area (Å²) < 4.78 is 10.8. The highest BCUT2D eigenvalue weighted by Crippen LogP contribution is 2.21. The van der Waals surface area contributed by atoms with Crippen molar-refractivity contribution in [2.24, 2.45) is 0 Å². The maximum Gasteiger partial charge on any atom is 0.318 e. The zero-order valence-corrected chi connectivity index (χ0v) is 12.8. The van der Waals surface area contributed by atoms with Crippen LogP contribution < -0.4 is 4.90 Å². The second-order valence-electron chi connectivity index (χ2n) is 5.55. The summed E-state index contributed by atoms with van der Waals surface area (Å²) >= 11 is 0. The number of hydrogen-bond donors (Lipinski definition) is 1. The molecule has 7 nitrogen and oxygen atoms in total. The predicted molar refractivity (Wildman–Crippen MR) is 80.5 cm³/mol. The van der Waals surface area contributed by atoms with Crippen molar-refractivity contribution < 1.29 is 13.9 Å². The fourth-order valence-electron chi connectivity index (χ4n) is 2.83. The molecule has 22 heavy (non-hydrogen) atoms. The van der Waals surface area contributed by atoms with Crippen molar-refractivity contribution in [3.63, 3.8) is 0 Å². The highest BCUT2D eigenvalue weighted by Gasteiger charge is 2.29. The Labute approximate surface area is 129 Å². The van der Waals surface area contributed by atoms with Crippen molar-refractivity contribution in [1.82, 2.24) is 15.1 Å². The number of piperazine rings is 1. The van der Waals surface area contributed by atoms with E-state index >= 15 is 0 Å². The van der Waals surface area contributed by atoms with Crippen LogP contribution in [0.1, 0.15) is 24.8 Å². The van der Waals surface area contributed by atoms with E-state index < -0.39 is 0 Å². The average Bonchev–Trinajstić information content (AvgIpc) is 3.20. The number of furan rings is 1. The second kappa shape index (κ2) is 6.93. The van der Waals surface area contributed by atoms with Crippen LogP contribution in [0.4, 0.5) is 6.01 Å². The van der Waals surface area contributed by atoms with Gasteiger partial charge in [0.05, 0.1) is 12.5 Å². The number of aliphatic hydroxyl groups is 1. The van der Waals surface area contributed by atoms with Gasteiger partial charge in [0, 0.05) is 50.8 Å². The summed E-state index contributed by atoms with van der Waals surface area (Å²) in [4.78, 5) is 4.48. The predicted octanol–water partition coefficient (Wildman–Crippen LogP) is 1.30. The first-order chi connectivity index (χ1) is 10.8. The molecule has 120 valence electrons. The number of anilines is 1. The fourth-order valence-corrected chi connectivity index (χ4v) is 2.83. The van der Waals surface area contributed by atoms with E-state index in [0.29, 0.717) is 11.9 Å². The first-order valence-electron chi connectivity index (χ1n) is 7.73. The third kappa shape index (κ3) is 3.31. The molecule has 1 aliphatic rings. The number of aromatic nitrogens is 2. The number of nitrogens with zero attached hydrogens (tertiary/aromatic N) is 4. The van der Waals surface area contributed by atoms with Crippen molar-refractivity contribution in [1.29, 1.82) is 0 Å². The van der Waals surface area contributed by atoms with E-state index in [4.69, 9.17) is 8.83 Å². The average molecular weight is 306 g/mol. The Morgan fingerprint density at radius 2 is 2.27 bits per heavy atom. The molecule has 0 aromatic carbocycles. The minimum absolute atomic E-state index is 0.171. The van der Waals surface area contributed by atoms with Crippen LogP contribution in [0.3, 0.4) is 0 Å². The lowest BCUT2D eigenvalue weighted by atomic mass is 10.1. The van der Waals surface area contributed by atoms with Gasteiger partial charge in [-0.2, -0.15) is 0 Å². The zero-order chi connectivity index (χ0) is 15.4. The van der Waals surface area contributed by atoms with Crippen molar-refractivity contribution >= 4 is 6.01 Å². The molecular formula is C15H22N4O3. The van der Waals surface area contributed by atoms with E-state index in [9.17, 15) is 5.11 Å². The van der Waals surface area contributed by atoms with Crippen LogP contribution in [0.5, 0.6) is 0 Å². The summed E-state index contributed by atoms with van der Waals surface area (Å²) in [6, 6.07) is 2.82. The Hall–Kier alpha value is -1.86. The normalized spacial score (nSPS) is 19.7. The largest absolute Gasteiger partial charge is 0.472 e. The Kier molecular flexibility index (Phi) is 4.74. The van der Waals surface area contributed by atoms with Crippen LogP contribution in [0.25, 0.3) is 0 Å². The van der Waals surface area contributed by atoms with E-state index in [-0.39, 0.29) is 12.6 Å². The SMILES string of the molecule is CCc1nnc(N2CCN(Cc3ccoc3)C(CCO)C2)o1. The molecule has 2 aromatic rings. The van der Waals surface area contributed by atoms with Gasteiger partial charge in [0.1, 0.15) is 0 Å². The smallest absolute Gasteiger partial charge is 0.318 e. The highest BCUT2D eigenvalue weighted by molar-refractivity contribution is 5.26. The van der Waals surface area contributed by atoms with E-state index in [1.165, 1.54) is 0 Å². The molecule has 0 radical (unpaired) electrons. The second-order valence-corrected chi connectivity index (χ2v) is 5.55. The number of hydrogen-bond acceptors (Lipinski definition) is 7. The zero-order valence-electron chi connectivity index (χ0n) is 12.8. The maximum absolute atomic E-state index is 9.35. The number of aryl methyl sites for hydroxylation is 1. The summed E-state index contributed by atoms with van der Waals surface area (Å²) in [7, 11) is 0. The molecule has 1 aliphatic heterocycles. The Morgan fingerprint density at radius 3 is 2.95 bits per heavy atom. The summed E-state index contributed by atoms with van der Waals surface area (Å²) in [6.07, 6.45) is 4.93. The van der Waals surface area contributed by atoms with Crippen molar-refractivity contribution in [3.05, 3.63) is 30.0 Å². The van der Waals surface area contributed by atoms with Gasteiger partial charge in [0.2, 0.25) is 5.89 Å². The maximum atomic E-state index is 9.35. The van der Waals surface area contributed by atoms with Gasteiger partial charge in [-0.1, -0.05) is 12.0 Å². The van der Waals surface area contributed by atoms with Gasteiger partial charge in [-0.05, 0) is 12.5 Å². The molecule has 0 saturated carbocycles. The monoisotopic (exact) mass is 306 g/mol. The molecule has 0 spiro atoms. The van der Waals surface area contributed by atoms with Crippen LogP contribution in [-0.4, -0.2) is 52.5 Å². The lowest BCUT2D eigenvalue weighted by molar-refractivity contribution is 0.133. The van der Waals surface area contributed by atoms with E-state index in [2.05, 4.69) is 20.0 Å². The molecule has 0 aliphatic carbocycles. The lowest BCUT2D eigenvalue weighted by Gasteiger charge is -2.40. The first kappa shape index (κ1) is 15.1. The van der Waals surface area contributed by atoms with Gasteiger partial charge in [-0.3, -0.25) is 4.90 Å². The quantitative estimate of drug-likeness (QED) is 0.861. The Balaban J connectivity index is 1.67. The molecule has 1 saturated heterocycles. The molecular weight excluding hydrogens is 284 g/mol. The van der Waals surface area contributed by atoms with Crippen LogP contribution in [0.15, 0.2) is 27.4 Å². The highest BCUT2D eigenvalue weighted by atomic mass is 16.4. The van der Waals surface area contributed by atoms with Crippen LogP contribution >= 0.6 is 0 Å². The molecule has 0 amide bonds. The summed E-state index contributed by atoms with van der Waals surface area (Å²) in [5.41, 5.74) is 1.16. The minimum atomic E-state index is 0.171. The third-order valence-electron chi connectivity index (χ3n) is 4.06. The molecule has 3 rings (SSSR count). The molecule has 1 N–H and O–H groups in total. The standard InChI is InChI=1S/C15H22N4O3/c1-2-14-16-17-15(22-14)19-6-5-18(13(10-19)3-7-20)9-12-4-8-21-11-12/h4,8,11,13,20H,2-3,5-7,9-10H2,1H3. The van der Waals surface area contributed by atoms with Gasteiger partial charge in [0.25, 0.3) is 0 Å². The first-order valence-corrected chi connectivity index (χ1v) is 7.73. The summed E-state index contributed by atoms with van der Waals surface area (Å²) in [6.45, 7) is 5.51. The Morgan fingerprint density at radius 1 is 1.36 bits per heavy atom. The van der Waals surface area contributed by atoms with Crippen LogP contribution in [-0.2, 0) is 13.0 Å². The molecule has 1 atom stereocenters. The van der Waals surface area contributed by atoms with Gasteiger partial charge in [-0.15, -0.1) is 5.10 Å². The number of aliphatic hydroxyl groups excluding tert-OH is 1. The minimum Gasteiger partial charge on any atom is -0.472 e. The van der Waals surface area contributed by atoms with Crippen molar-refractivity contribution in [2.45, 2.75) is 32.4 Å². The van der Waals surface area contributed by atoms with Gasteiger partial charge < -0.3 is 18.8 Å². The van der Waals surface area contributed by atoms with Gasteiger partial charge >= 0.3 is 6.01 Å². The van der Waals surface area contributed by atoms with Gasteiger partial charge in [0.15, 0.2) is 0 Å². The molecule has 2 aromatic heterocycles. The van der Waals surface area contributed by atoms with Crippen LogP contribution in [0, 0.1) is 0 Å².